The molecule has 3 nitrogen and oxygen atoms in total. The van der Waals surface area contributed by atoms with Gasteiger partial charge in [0, 0.05) is 17.8 Å². The van der Waals surface area contributed by atoms with E-state index in [4.69, 9.17) is 5.11 Å². The minimum absolute atomic E-state index is 0.140. The molecular formula is C16H26N2OS. The Morgan fingerprint density at radius 3 is 2.70 bits per heavy atom. The fourth-order valence-electron chi connectivity index (χ4n) is 1.92. The van der Waals surface area contributed by atoms with Crippen molar-refractivity contribution in [2.75, 3.05) is 40.3 Å². The molecular weight excluding hydrogens is 268 g/mol. The molecule has 0 aromatic carbocycles. The summed E-state index contributed by atoms with van der Waals surface area (Å²) in [5.74, 6) is 6.07. The minimum atomic E-state index is 0.140. The average molecular weight is 294 g/mol. The van der Waals surface area contributed by atoms with Crippen LogP contribution in [-0.4, -0.2) is 55.2 Å². The molecule has 0 aliphatic heterocycles. The van der Waals surface area contributed by atoms with Gasteiger partial charge in [0.05, 0.1) is 11.5 Å². The first-order valence-corrected chi connectivity index (χ1v) is 8.03. The largest absolute Gasteiger partial charge is 0.395 e. The molecule has 0 saturated heterocycles. The summed E-state index contributed by atoms with van der Waals surface area (Å²) in [7, 11) is 4.24. The molecule has 0 aliphatic rings. The summed E-state index contributed by atoms with van der Waals surface area (Å²) in [6, 6.07) is 4.25. The van der Waals surface area contributed by atoms with Gasteiger partial charge in [-0.1, -0.05) is 18.8 Å². The Kier molecular flexibility index (Phi) is 8.56. The lowest BCUT2D eigenvalue weighted by molar-refractivity contribution is 0.261. The highest BCUT2D eigenvalue weighted by Crippen LogP contribution is 2.17. The van der Waals surface area contributed by atoms with E-state index in [-0.39, 0.29) is 6.61 Å². The number of thiophene rings is 1. The van der Waals surface area contributed by atoms with Gasteiger partial charge in [0.25, 0.3) is 0 Å². The van der Waals surface area contributed by atoms with Gasteiger partial charge >= 0.3 is 0 Å². The first-order chi connectivity index (χ1) is 9.65. The SMILES string of the molecule is CCN(CCCN(C)C)Cc1ccc(C#CCCO)s1. The molecule has 0 spiro atoms. The first-order valence-electron chi connectivity index (χ1n) is 7.21. The molecule has 1 heterocycles. The molecule has 0 saturated carbocycles. The summed E-state index contributed by atoms with van der Waals surface area (Å²) in [6.45, 7) is 6.72. The van der Waals surface area contributed by atoms with Crippen molar-refractivity contribution in [2.24, 2.45) is 0 Å². The predicted molar refractivity (Wildman–Crippen MR) is 87.0 cm³/mol. The van der Waals surface area contributed by atoms with E-state index in [2.05, 4.69) is 54.8 Å². The zero-order valence-electron chi connectivity index (χ0n) is 12.9. The minimum Gasteiger partial charge on any atom is -0.395 e. The number of hydrogen-bond acceptors (Lipinski definition) is 4. The van der Waals surface area contributed by atoms with Crippen LogP contribution in [-0.2, 0) is 6.54 Å². The smallest absolute Gasteiger partial charge is 0.0771 e. The van der Waals surface area contributed by atoms with Crippen molar-refractivity contribution < 1.29 is 5.11 Å². The van der Waals surface area contributed by atoms with Gasteiger partial charge in [-0.2, -0.15) is 0 Å². The van der Waals surface area contributed by atoms with Gasteiger partial charge in [0.2, 0.25) is 0 Å². The molecule has 1 N–H and O–H groups in total. The third kappa shape index (κ3) is 7.06. The van der Waals surface area contributed by atoms with Crippen LogP contribution < -0.4 is 0 Å². The fourth-order valence-corrected chi connectivity index (χ4v) is 2.84. The molecule has 0 amide bonds. The topological polar surface area (TPSA) is 26.7 Å². The van der Waals surface area contributed by atoms with Gasteiger partial charge in [-0.3, -0.25) is 4.90 Å². The van der Waals surface area contributed by atoms with Gasteiger partial charge < -0.3 is 10.0 Å². The van der Waals surface area contributed by atoms with E-state index in [1.165, 1.54) is 11.3 Å². The van der Waals surface area contributed by atoms with Gasteiger partial charge in [-0.25, -0.2) is 0 Å². The molecule has 1 rings (SSSR count). The van der Waals surface area contributed by atoms with Crippen LogP contribution >= 0.6 is 11.3 Å². The van der Waals surface area contributed by atoms with E-state index in [0.717, 1.165) is 31.1 Å². The van der Waals surface area contributed by atoms with Gasteiger partial charge in [0.15, 0.2) is 0 Å². The number of aliphatic hydroxyl groups is 1. The summed E-state index contributed by atoms with van der Waals surface area (Å²) in [6.07, 6.45) is 1.76. The Labute approximate surface area is 127 Å². The fraction of sp³-hybridized carbons (Fsp3) is 0.625. The van der Waals surface area contributed by atoms with Gasteiger partial charge in [-0.05, 0) is 52.3 Å². The van der Waals surface area contributed by atoms with E-state index < -0.39 is 0 Å². The number of hydrogen-bond donors (Lipinski definition) is 1. The Balaban J connectivity index is 2.43. The van der Waals surface area contributed by atoms with E-state index in [0.29, 0.717) is 6.42 Å². The second kappa shape index (κ2) is 9.95. The Hall–Kier alpha value is -0.860. The summed E-state index contributed by atoms with van der Waals surface area (Å²) >= 11 is 1.76. The van der Waals surface area contributed by atoms with Crippen LogP contribution in [0.15, 0.2) is 12.1 Å². The second-order valence-corrected chi connectivity index (χ2v) is 6.24. The lowest BCUT2D eigenvalue weighted by Gasteiger charge is -2.20. The van der Waals surface area contributed by atoms with Crippen LogP contribution in [0.5, 0.6) is 0 Å². The third-order valence-corrected chi connectivity index (χ3v) is 4.00. The van der Waals surface area contributed by atoms with E-state index in [1.54, 1.807) is 11.3 Å². The number of rotatable bonds is 8. The average Bonchev–Trinajstić information content (AvgIpc) is 2.85. The van der Waals surface area contributed by atoms with Crippen molar-refractivity contribution >= 4 is 11.3 Å². The predicted octanol–water partition coefficient (Wildman–Crippen LogP) is 2.26. The quantitative estimate of drug-likeness (QED) is 0.745. The van der Waals surface area contributed by atoms with E-state index in [1.807, 2.05) is 0 Å². The van der Waals surface area contributed by atoms with Gasteiger partial charge in [-0.15, -0.1) is 11.3 Å². The van der Waals surface area contributed by atoms with Crippen LogP contribution in [0, 0.1) is 11.8 Å². The molecule has 1 aromatic heterocycles. The van der Waals surface area contributed by atoms with Crippen molar-refractivity contribution in [3.8, 4) is 11.8 Å². The summed E-state index contributed by atoms with van der Waals surface area (Å²) in [5.41, 5.74) is 0. The van der Waals surface area contributed by atoms with Crippen molar-refractivity contribution in [2.45, 2.75) is 26.3 Å². The highest BCUT2D eigenvalue weighted by atomic mass is 32.1. The van der Waals surface area contributed by atoms with Crippen LogP contribution in [0.2, 0.25) is 0 Å². The molecule has 1 aromatic rings. The third-order valence-electron chi connectivity index (χ3n) is 3.02. The maximum atomic E-state index is 8.71. The van der Waals surface area contributed by atoms with Crippen LogP contribution in [0.4, 0.5) is 0 Å². The van der Waals surface area contributed by atoms with Crippen molar-refractivity contribution in [3.63, 3.8) is 0 Å². The molecule has 0 fully saturated rings. The lowest BCUT2D eigenvalue weighted by atomic mass is 10.3. The first kappa shape index (κ1) is 17.2. The molecule has 0 radical (unpaired) electrons. The highest BCUT2D eigenvalue weighted by molar-refractivity contribution is 7.12. The summed E-state index contributed by atoms with van der Waals surface area (Å²) in [5, 5.41) is 8.71. The maximum absolute atomic E-state index is 8.71. The second-order valence-electron chi connectivity index (χ2n) is 5.07. The zero-order valence-corrected chi connectivity index (χ0v) is 13.7. The van der Waals surface area contributed by atoms with Crippen molar-refractivity contribution in [3.05, 3.63) is 21.9 Å². The van der Waals surface area contributed by atoms with Crippen molar-refractivity contribution in [1.82, 2.24) is 9.80 Å². The number of nitrogens with zero attached hydrogens (tertiary/aromatic N) is 2. The normalized spacial score (nSPS) is 10.9. The molecule has 4 heteroatoms. The Morgan fingerprint density at radius 1 is 1.25 bits per heavy atom. The highest BCUT2D eigenvalue weighted by Gasteiger charge is 2.06. The Morgan fingerprint density at radius 2 is 2.05 bits per heavy atom. The van der Waals surface area contributed by atoms with Crippen molar-refractivity contribution in [1.29, 1.82) is 0 Å². The van der Waals surface area contributed by atoms with Gasteiger partial charge in [0.1, 0.15) is 0 Å². The molecule has 0 unspecified atom stereocenters. The molecule has 0 aliphatic carbocycles. The summed E-state index contributed by atoms with van der Waals surface area (Å²) < 4.78 is 0. The molecule has 0 bridgehead atoms. The van der Waals surface area contributed by atoms with Crippen LogP contribution in [0.25, 0.3) is 0 Å². The molecule has 20 heavy (non-hydrogen) atoms. The van der Waals surface area contributed by atoms with E-state index >= 15 is 0 Å². The Bertz CT molecular complexity index is 431. The summed E-state index contributed by atoms with van der Waals surface area (Å²) in [4.78, 5) is 7.16. The molecule has 112 valence electrons. The number of aliphatic hydroxyl groups excluding tert-OH is 1. The lowest BCUT2D eigenvalue weighted by Crippen LogP contribution is -2.26. The van der Waals surface area contributed by atoms with E-state index in [9.17, 15) is 0 Å². The van der Waals surface area contributed by atoms with Crippen LogP contribution in [0.3, 0.4) is 0 Å². The van der Waals surface area contributed by atoms with Crippen LogP contribution in [0.1, 0.15) is 29.5 Å². The monoisotopic (exact) mass is 294 g/mol. The zero-order chi connectivity index (χ0) is 14.8. The maximum Gasteiger partial charge on any atom is 0.0771 e. The molecule has 0 atom stereocenters. The standard InChI is InChI=1S/C16H26N2OS/c1-4-18(12-7-11-17(2)3)14-16-10-9-15(20-16)8-5-6-13-19/h9-10,19H,4,6-7,11-14H2,1-3H3.